The SMILES string of the molecule is O=C(CCC1CCNCC1)Nc1ccc(F)cc1. The molecule has 0 aromatic heterocycles. The number of hydrogen-bond donors (Lipinski definition) is 2. The second-order valence-electron chi connectivity index (χ2n) is 4.79. The molecule has 2 N–H and O–H groups in total. The van der Waals surface area contributed by atoms with Crippen molar-refractivity contribution in [3.8, 4) is 0 Å². The quantitative estimate of drug-likeness (QED) is 0.862. The topological polar surface area (TPSA) is 41.1 Å². The largest absolute Gasteiger partial charge is 0.326 e. The van der Waals surface area contributed by atoms with E-state index in [1.165, 1.54) is 12.1 Å². The Labute approximate surface area is 107 Å². The number of carbonyl (C=O) groups is 1. The van der Waals surface area contributed by atoms with Gasteiger partial charge in [-0.1, -0.05) is 0 Å². The zero-order valence-corrected chi connectivity index (χ0v) is 10.4. The summed E-state index contributed by atoms with van der Waals surface area (Å²) in [5.41, 5.74) is 0.659. The van der Waals surface area contributed by atoms with Gasteiger partial charge in [-0.05, 0) is 62.5 Å². The van der Waals surface area contributed by atoms with Crippen LogP contribution in [-0.2, 0) is 4.79 Å². The van der Waals surface area contributed by atoms with E-state index in [0.717, 1.165) is 32.4 Å². The summed E-state index contributed by atoms with van der Waals surface area (Å²) in [6, 6.07) is 5.86. The summed E-state index contributed by atoms with van der Waals surface area (Å²) in [6.45, 7) is 2.12. The van der Waals surface area contributed by atoms with E-state index in [2.05, 4.69) is 10.6 Å². The summed E-state index contributed by atoms with van der Waals surface area (Å²) < 4.78 is 12.7. The van der Waals surface area contributed by atoms with Crippen molar-refractivity contribution in [2.45, 2.75) is 25.7 Å². The third-order valence-electron chi connectivity index (χ3n) is 3.37. The van der Waals surface area contributed by atoms with Gasteiger partial charge < -0.3 is 10.6 Å². The van der Waals surface area contributed by atoms with Gasteiger partial charge in [-0.3, -0.25) is 4.79 Å². The summed E-state index contributed by atoms with van der Waals surface area (Å²) in [4.78, 5) is 11.7. The molecular weight excluding hydrogens is 231 g/mol. The van der Waals surface area contributed by atoms with Crippen molar-refractivity contribution in [2.24, 2.45) is 5.92 Å². The zero-order chi connectivity index (χ0) is 12.8. The first kappa shape index (κ1) is 13.0. The minimum absolute atomic E-state index is 0.0140. The van der Waals surface area contributed by atoms with Crippen molar-refractivity contribution >= 4 is 11.6 Å². The highest BCUT2D eigenvalue weighted by molar-refractivity contribution is 5.90. The van der Waals surface area contributed by atoms with Crippen molar-refractivity contribution in [1.29, 1.82) is 0 Å². The van der Waals surface area contributed by atoms with Crippen LogP contribution in [0.25, 0.3) is 0 Å². The van der Waals surface area contributed by atoms with Gasteiger partial charge in [0.15, 0.2) is 0 Å². The Morgan fingerprint density at radius 2 is 1.94 bits per heavy atom. The number of carbonyl (C=O) groups excluding carboxylic acids is 1. The second kappa shape index (κ2) is 6.50. The molecule has 0 atom stereocenters. The molecule has 0 spiro atoms. The highest BCUT2D eigenvalue weighted by Gasteiger charge is 2.14. The average molecular weight is 250 g/mol. The van der Waals surface area contributed by atoms with E-state index >= 15 is 0 Å². The number of halogens is 1. The molecule has 1 aromatic carbocycles. The Kier molecular flexibility index (Phi) is 4.70. The van der Waals surface area contributed by atoms with Gasteiger partial charge in [0.25, 0.3) is 0 Å². The maximum atomic E-state index is 12.7. The molecule has 1 aliphatic heterocycles. The minimum Gasteiger partial charge on any atom is -0.326 e. The number of anilines is 1. The third kappa shape index (κ3) is 4.11. The summed E-state index contributed by atoms with van der Waals surface area (Å²) in [5, 5.41) is 6.10. The van der Waals surface area contributed by atoms with E-state index in [1.807, 2.05) is 0 Å². The number of piperidine rings is 1. The van der Waals surface area contributed by atoms with Crippen LogP contribution in [0.3, 0.4) is 0 Å². The molecule has 4 heteroatoms. The summed E-state index contributed by atoms with van der Waals surface area (Å²) in [6.07, 6.45) is 3.80. The summed E-state index contributed by atoms with van der Waals surface area (Å²) >= 11 is 0. The van der Waals surface area contributed by atoms with Crippen LogP contribution in [0.2, 0.25) is 0 Å². The molecule has 1 amide bonds. The first-order valence-corrected chi connectivity index (χ1v) is 6.50. The number of hydrogen-bond acceptors (Lipinski definition) is 2. The Morgan fingerprint density at radius 1 is 1.28 bits per heavy atom. The van der Waals surface area contributed by atoms with Gasteiger partial charge in [-0.15, -0.1) is 0 Å². The minimum atomic E-state index is -0.289. The number of benzene rings is 1. The maximum Gasteiger partial charge on any atom is 0.224 e. The van der Waals surface area contributed by atoms with Gasteiger partial charge in [-0.25, -0.2) is 4.39 Å². The standard InChI is InChI=1S/C14H19FN2O/c15-12-2-4-13(5-3-12)17-14(18)6-1-11-7-9-16-10-8-11/h2-5,11,16H,1,6-10H2,(H,17,18). The molecule has 2 rings (SSSR count). The zero-order valence-electron chi connectivity index (χ0n) is 10.4. The van der Waals surface area contributed by atoms with Crippen molar-refractivity contribution in [2.75, 3.05) is 18.4 Å². The number of rotatable bonds is 4. The molecule has 0 bridgehead atoms. The Hall–Kier alpha value is -1.42. The van der Waals surface area contributed by atoms with Gasteiger partial charge in [0.1, 0.15) is 5.82 Å². The fourth-order valence-corrected chi connectivity index (χ4v) is 2.26. The van der Waals surface area contributed by atoms with Crippen LogP contribution in [-0.4, -0.2) is 19.0 Å². The van der Waals surface area contributed by atoms with E-state index < -0.39 is 0 Å². The Bertz CT molecular complexity index is 385. The number of amides is 1. The lowest BCUT2D eigenvalue weighted by Crippen LogP contribution is -2.28. The molecule has 0 radical (unpaired) electrons. The fraction of sp³-hybridized carbons (Fsp3) is 0.500. The Balaban J connectivity index is 1.73. The van der Waals surface area contributed by atoms with Gasteiger partial charge in [0.05, 0.1) is 0 Å². The molecule has 98 valence electrons. The van der Waals surface area contributed by atoms with Crippen molar-refractivity contribution in [3.63, 3.8) is 0 Å². The average Bonchev–Trinajstić information content (AvgIpc) is 2.40. The van der Waals surface area contributed by atoms with Gasteiger partial charge in [0, 0.05) is 12.1 Å². The van der Waals surface area contributed by atoms with Crippen LogP contribution >= 0.6 is 0 Å². The predicted octanol–water partition coefficient (Wildman–Crippen LogP) is 2.54. The molecule has 0 unspecified atom stereocenters. The maximum absolute atomic E-state index is 12.7. The highest BCUT2D eigenvalue weighted by atomic mass is 19.1. The molecule has 0 aliphatic carbocycles. The smallest absolute Gasteiger partial charge is 0.224 e. The number of nitrogens with one attached hydrogen (secondary N) is 2. The van der Waals surface area contributed by atoms with Crippen molar-refractivity contribution < 1.29 is 9.18 Å². The summed E-state index contributed by atoms with van der Waals surface area (Å²) in [7, 11) is 0. The third-order valence-corrected chi connectivity index (χ3v) is 3.37. The van der Waals surface area contributed by atoms with E-state index in [1.54, 1.807) is 12.1 Å². The molecule has 1 heterocycles. The Morgan fingerprint density at radius 3 is 2.61 bits per heavy atom. The second-order valence-corrected chi connectivity index (χ2v) is 4.79. The van der Waals surface area contributed by atoms with Gasteiger partial charge in [0.2, 0.25) is 5.91 Å². The van der Waals surface area contributed by atoms with Crippen LogP contribution in [0.5, 0.6) is 0 Å². The summed E-state index contributed by atoms with van der Waals surface area (Å²) in [5.74, 6) is 0.382. The lowest BCUT2D eigenvalue weighted by Gasteiger charge is -2.22. The molecule has 1 fully saturated rings. The van der Waals surface area contributed by atoms with Crippen LogP contribution in [0.15, 0.2) is 24.3 Å². The highest BCUT2D eigenvalue weighted by Crippen LogP contribution is 2.18. The molecule has 1 aliphatic rings. The molecular formula is C14H19FN2O. The molecule has 1 aromatic rings. The van der Waals surface area contributed by atoms with E-state index in [4.69, 9.17) is 0 Å². The van der Waals surface area contributed by atoms with Crippen LogP contribution in [0.4, 0.5) is 10.1 Å². The molecule has 0 saturated carbocycles. The van der Waals surface area contributed by atoms with Crippen molar-refractivity contribution in [1.82, 2.24) is 5.32 Å². The van der Waals surface area contributed by atoms with E-state index in [-0.39, 0.29) is 11.7 Å². The van der Waals surface area contributed by atoms with Gasteiger partial charge in [-0.2, -0.15) is 0 Å². The molecule has 1 saturated heterocycles. The fourth-order valence-electron chi connectivity index (χ4n) is 2.26. The predicted molar refractivity (Wildman–Crippen MR) is 69.9 cm³/mol. The van der Waals surface area contributed by atoms with E-state index in [0.29, 0.717) is 18.0 Å². The molecule has 18 heavy (non-hydrogen) atoms. The lowest BCUT2D eigenvalue weighted by molar-refractivity contribution is -0.116. The van der Waals surface area contributed by atoms with Crippen LogP contribution in [0, 0.1) is 11.7 Å². The normalized spacial score (nSPS) is 16.5. The monoisotopic (exact) mass is 250 g/mol. The van der Waals surface area contributed by atoms with E-state index in [9.17, 15) is 9.18 Å². The lowest BCUT2D eigenvalue weighted by atomic mass is 9.93. The molecule has 3 nitrogen and oxygen atoms in total. The van der Waals surface area contributed by atoms with Crippen LogP contribution < -0.4 is 10.6 Å². The first-order valence-electron chi connectivity index (χ1n) is 6.50. The van der Waals surface area contributed by atoms with Gasteiger partial charge >= 0.3 is 0 Å². The van der Waals surface area contributed by atoms with Crippen LogP contribution in [0.1, 0.15) is 25.7 Å². The first-order chi connectivity index (χ1) is 8.74. The van der Waals surface area contributed by atoms with Crippen molar-refractivity contribution in [3.05, 3.63) is 30.1 Å².